The largest absolute Gasteiger partial charge is 0.469 e. The monoisotopic (exact) mass is 142 g/mol. The van der Waals surface area contributed by atoms with Gasteiger partial charge in [-0.25, -0.2) is 0 Å². The van der Waals surface area contributed by atoms with Crippen molar-refractivity contribution in [3.8, 4) is 0 Å². The lowest BCUT2D eigenvalue weighted by molar-refractivity contribution is -0.147. The van der Waals surface area contributed by atoms with Crippen LogP contribution in [0, 0.1) is 5.92 Å². The van der Waals surface area contributed by atoms with E-state index in [1.165, 1.54) is 7.11 Å². The second kappa shape index (κ2) is 3.10. The summed E-state index contributed by atoms with van der Waals surface area (Å²) in [6, 6.07) is 0. The average molecular weight is 142 g/mol. The first-order valence-corrected chi connectivity index (χ1v) is 3.19. The highest BCUT2D eigenvalue weighted by atomic mass is 16.5. The molecule has 0 amide bonds. The van der Waals surface area contributed by atoms with Crippen molar-refractivity contribution >= 4 is 21.7 Å². The molecule has 5 heteroatoms. The van der Waals surface area contributed by atoms with E-state index >= 15 is 0 Å². The van der Waals surface area contributed by atoms with Gasteiger partial charge in [-0.3, -0.25) is 4.79 Å². The molecule has 0 saturated carbocycles. The first-order valence-electron chi connectivity index (χ1n) is 3.19. The highest BCUT2D eigenvalue weighted by Crippen LogP contribution is 2.10. The fourth-order valence-electron chi connectivity index (χ4n) is 0.465. The number of hydrogen-bond acceptors (Lipinski definition) is 3. The molecule has 1 atom stereocenters. The molecule has 10 heavy (non-hydrogen) atoms. The molecule has 1 N–H and O–H groups in total. The van der Waals surface area contributed by atoms with E-state index in [1.54, 1.807) is 22.6 Å². The van der Waals surface area contributed by atoms with Crippen LogP contribution in [-0.4, -0.2) is 39.3 Å². The van der Waals surface area contributed by atoms with Gasteiger partial charge >= 0.3 is 5.97 Å². The third-order valence-electron chi connectivity index (χ3n) is 1.61. The number of hydrogen-bond donors (Lipinski definition) is 1. The van der Waals surface area contributed by atoms with E-state index in [0.717, 1.165) is 0 Å². The molecule has 0 aliphatic carbocycles. The summed E-state index contributed by atoms with van der Waals surface area (Å²) in [6.45, 7) is 1.63. The SMILES string of the molecule is BC(B)(O)C(C)C(=O)OC. The minimum atomic E-state index is -0.993. The van der Waals surface area contributed by atoms with Gasteiger partial charge in [0.05, 0.1) is 13.0 Å². The first-order chi connectivity index (χ1) is 4.39. The standard InChI is InChI=1S/C5H12B2O3/c1-3(4(8)10-2)5(6,7)9/h3,9H,6-7H2,1-2H3. The molecule has 0 aliphatic heterocycles. The Morgan fingerprint density at radius 2 is 2.10 bits per heavy atom. The van der Waals surface area contributed by atoms with Gasteiger partial charge in [0.1, 0.15) is 15.7 Å². The van der Waals surface area contributed by atoms with Crippen molar-refractivity contribution in [2.75, 3.05) is 7.11 Å². The van der Waals surface area contributed by atoms with Gasteiger partial charge in [-0.15, -0.1) is 0 Å². The number of rotatable bonds is 2. The summed E-state index contributed by atoms with van der Waals surface area (Å²) in [4.78, 5) is 10.8. The third-order valence-corrected chi connectivity index (χ3v) is 1.61. The van der Waals surface area contributed by atoms with E-state index in [0.29, 0.717) is 0 Å². The van der Waals surface area contributed by atoms with Crippen LogP contribution in [0.4, 0.5) is 0 Å². The number of carbonyl (C=O) groups excluding carboxylic acids is 1. The summed E-state index contributed by atoms with van der Waals surface area (Å²) < 4.78 is 4.44. The van der Waals surface area contributed by atoms with Crippen LogP contribution >= 0.6 is 0 Å². The second-order valence-corrected chi connectivity index (χ2v) is 2.90. The number of esters is 1. The van der Waals surface area contributed by atoms with E-state index in [4.69, 9.17) is 0 Å². The summed E-state index contributed by atoms with van der Waals surface area (Å²) in [7, 11) is 4.47. The van der Waals surface area contributed by atoms with Crippen LogP contribution in [0.3, 0.4) is 0 Å². The molecule has 0 rings (SSSR count). The summed E-state index contributed by atoms with van der Waals surface area (Å²) in [6.07, 6.45) is 0. The average Bonchev–Trinajstić information content (AvgIpc) is 1.83. The molecule has 0 saturated heterocycles. The quantitative estimate of drug-likeness (QED) is 0.348. The van der Waals surface area contributed by atoms with Crippen molar-refractivity contribution in [2.45, 2.75) is 12.3 Å². The van der Waals surface area contributed by atoms with Crippen LogP contribution < -0.4 is 0 Å². The van der Waals surface area contributed by atoms with Crippen LogP contribution in [0.5, 0.6) is 0 Å². The minimum absolute atomic E-state index is 0.382. The van der Waals surface area contributed by atoms with Crippen LogP contribution in [0.25, 0.3) is 0 Å². The molecule has 3 nitrogen and oxygen atoms in total. The van der Waals surface area contributed by atoms with Crippen LogP contribution in [0.15, 0.2) is 0 Å². The molecular formula is C5H12B2O3. The molecule has 0 aromatic rings. The maximum absolute atomic E-state index is 10.8. The van der Waals surface area contributed by atoms with Gasteiger partial charge in [0.25, 0.3) is 0 Å². The highest BCUT2D eigenvalue weighted by molar-refractivity contribution is 6.40. The Balaban J connectivity index is 4.08. The zero-order valence-electron chi connectivity index (χ0n) is 6.84. The zero-order valence-corrected chi connectivity index (χ0v) is 6.84. The van der Waals surface area contributed by atoms with Crippen molar-refractivity contribution in [1.29, 1.82) is 0 Å². The lowest BCUT2D eigenvalue weighted by Crippen LogP contribution is -2.42. The van der Waals surface area contributed by atoms with E-state index in [2.05, 4.69) is 4.74 Å². The van der Waals surface area contributed by atoms with Crippen LogP contribution in [0.2, 0.25) is 0 Å². The van der Waals surface area contributed by atoms with Crippen molar-refractivity contribution < 1.29 is 14.6 Å². The molecule has 0 bridgehead atoms. The number of carbonyl (C=O) groups is 1. The number of aliphatic hydroxyl groups is 1. The smallest absolute Gasteiger partial charge is 0.309 e. The molecule has 0 aliphatic rings. The fourth-order valence-corrected chi connectivity index (χ4v) is 0.465. The maximum Gasteiger partial charge on any atom is 0.309 e. The van der Waals surface area contributed by atoms with Gasteiger partial charge in [-0.1, -0.05) is 6.92 Å². The van der Waals surface area contributed by atoms with Crippen LogP contribution in [0.1, 0.15) is 6.92 Å². The molecule has 1 unspecified atom stereocenters. The third kappa shape index (κ3) is 2.43. The topological polar surface area (TPSA) is 46.5 Å². The Hall–Kier alpha value is -0.440. The van der Waals surface area contributed by atoms with Gasteiger partial charge in [-0.05, 0) is 0 Å². The lowest BCUT2D eigenvalue weighted by Gasteiger charge is -2.23. The predicted octanol–water partition coefficient (Wildman–Crippen LogP) is -2.29. The lowest BCUT2D eigenvalue weighted by atomic mass is 9.59. The number of methoxy groups -OCH3 is 1. The van der Waals surface area contributed by atoms with Crippen molar-refractivity contribution in [3.05, 3.63) is 0 Å². The van der Waals surface area contributed by atoms with E-state index in [9.17, 15) is 9.90 Å². The maximum atomic E-state index is 10.8. The first kappa shape index (κ1) is 9.56. The summed E-state index contributed by atoms with van der Waals surface area (Å²) in [5, 5.41) is 8.29. The Kier molecular flexibility index (Phi) is 2.96. The molecule has 0 radical (unpaired) electrons. The molecule has 0 aromatic heterocycles. The molecule has 0 spiro atoms. The van der Waals surface area contributed by atoms with Crippen molar-refractivity contribution in [1.82, 2.24) is 0 Å². The van der Waals surface area contributed by atoms with Gasteiger partial charge in [-0.2, -0.15) is 0 Å². The molecule has 0 heterocycles. The zero-order chi connectivity index (χ0) is 8.36. The summed E-state index contributed by atoms with van der Waals surface area (Å²) in [5.74, 6) is -0.856. The number of ether oxygens (including phenoxy) is 1. The minimum Gasteiger partial charge on any atom is -0.469 e. The van der Waals surface area contributed by atoms with Crippen molar-refractivity contribution in [3.63, 3.8) is 0 Å². The van der Waals surface area contributed by atoms with E-state index < -0.39 is 11.3 Å². The summed E-state index contributed by atoms with van der Waals surface area (Å²) >= 11 is 0. The van der Waals surface area contributed by atoms with Gasteiger partial charge in [0, 0.05) is 5.40 Å². The van der Waals surface area contributed by atoms with Gasteiger partial charge in [0.15, 0.2) is 0 Å². The molecule has 0 fully saturated rings. The molecule has 0 aromatic carbocycles. The Morgan fingerprint density at radius 1 is 1.70 bits per heavy atom. The Morgan fingerprint density at radius 3 is 2.20 bits per heavy atom. The second-order valence-electron chi connectivity index (χ2n) is 2.90. The van der Waals surface area contributed by atoms with Gasteiger partial charge < -0.3 is 9.84 Å². The highest BCUT2D eigenvalue weighted by Gasteiger charge is 2.29. The Labute approximate surface area is 62.6 Å². The van der Waals surface area contributed by atoms with Crippen molar-refractivity contribution in [2.24, 2.45) is 5.92 Å². The molecule has 56 valence electrons. The van der Waals surface area contributed by atoms with E-state index in [1.807, 2.05) is 0 Å². The molecular weight excluding hydrogens is 130 g/mol. The van der Waals surface area contributed by atoms with Gasteiger partial charge in [0.2, 0.25) is 0 Å². The predicted molar refractivity (Wildman–Crippen MR) is 43.2 cm³/mol. The summed E-state index contributed by atoms with van der Waals surface area (Å²) in [5.41, 5.74) is 0. The van der Waals surface area contributed by atoms with E-state index in [-0.39, 0.29) is 5.97 Å². The Bertz CT molecular complexity index is 129. The fraction of sp³-hybridized carbons (Fsp3) is 0.800. The van der Waals surface area contributed by atoms with Crippen LogP contribution in [-0.2, 0) is 9.53 Å². The normalized spacial score (nSPS) is 14.3.